The molecule has 0 bridgehead atoms. The first-order chi connectivity index (χ1) is 8.92. The van der Waals surface area contributed by atoms with E-state index in [-0.39, 0.29) is 16.3 Å². The third-order valence-electron chi connectivity index (χ3n) is 3.32. The van der Waals surface area contributed by atoms with Crippen LogP contribution in [0.5, 0.6) is 0 Å². The molecule has 0 spiro atoms. The second-order valence-corrected chi connectivity index (χ2v) is 6.54. The third kappa shape index (κ3) is 2.95. The summed E-state index contributed by atoms with van der Waals surface area (Å²) in [4.78, 5) is 16.9. The molecule has 1 N–H and O–H groups in total. The van der Waals surface area contributed by atoms with E-state index in [2.05, 4.69) is 26.2 Å². The van der Waals surface area contributed by atoms with Crippen molar-refractivity contribution in [1.29, 1.82) is 0 Å². The monoisotopic (exact) mass is 320 g/mol. The Bertz CT molecular complexity index is 603. The molecule has 0 aliphatic rings. The number of nitrogens with zero attached hydrogens (tertiary/aromatic N) is 1. The molecule has 0 radical (unpaired) electrons. The molecule has 1 amide bonds. The number of alkyl halides is 1. The van der Waals surface area contributed by atoms with Crippen LogP contribution in [-0.4, -0.2) is 21.3 Å². The van der Waals surface area contributed by atoms with E-state index in [0.29, 0.717) is 5.56 Å². The molecular weight excluding hydrogens is 304 g/mol. The number of carbonyl (C=O) groups is 1. The van der Waals surface area contributed by atoms with Gasteiger partial charge >= 0.3 is 0 Å². The van der Waals surface area contributed by atoms with Gasteiger partial charge in [0.05, 0.1) is 11.1 Å². The lowest BCUT2D eigenvalue weighted by atomic mass is 10.0. The van der Waals surface area contributed by atoms with Crippen molar-refractivity contribution in [2.75, 3.05) is 0 Å². The Labute approximate surface area is 121 Å². The minimum Gasteiger partial charge on any atom is -0.346 e. The zero-order chi connectivity index (χ0) is 14.0. The zero-order valence-corrected chi connectivity index (χ0v) is 12.9. The smallest absolute Gasteiger partial charge is 0.252 e. The van der Waals surface area contributed by atoms with Gasteiger partial charge in [0.15, 0.2) is 0 Å². The van der Waals surface area contributed by atoms with Gasteiger partial charge in [-0.1, -0.05) is 41.1 Å². The first kappa shape index (κ1) is 14.0. The molecule has 1 aromatic heterocycles. The van der Waals surface area contributed by atoms with Crippen LogP contribution in [0.3, 0.4) is 0 Å². The van der Waals surface area contributed by atoms with Gasteiger partial charge in [-0.05, 0) is 26.0 Å². The average molecular weight is 321 g/mol. The molecular formula is C15H17BrN2O. The van der Waals surface area contributed by atoms with Crippen LogP contribution in [-0.2, 0) is 0 Å². The van der Waals surface area contributed by atoms with Gasteiger partial charge < -0.3 is 5.32 Å². The number of halogens is 1. The molecule has 0 saturated carbocycles. The number of benzene rings is 1. The van der Waals surface area contributed by atoms with Crippen LogP contribution >= 0.6 is 15.9 Å². The fourth-order valence-electron chi connectivity index (χ4n) is 1.75. The topological polar surface area (TPSA) is 42.0 Å². The van der Waals surface area contributed by atoms with Gasteiger partial charge in [-0.3, -0.25) is 9.78 Å². The molecule has 1 unspecified atom stereocenters. The Kier molecular flexibility index (Phi) is 3.90. The van der Waals surface area contributed by atoms with Crippen molar-refractivity contribution in [2.45, 2.75) is 31.1 Å². The predicted octanol–water partition coefficient (Wildman–Crippen LogP) is 3.53. The van der Waals surface area contributed by atoms with Crippen LogP contribution in [0.1, 0.15) is 31.1 Å². The van der Waals surface area contributed by atoms with E-state index in [9.17, 15) is 4.79 Å². The number of nitrogens with one attached hydrogen (secondary N) is 1. The Morgan fingerprint density at radius 1 is 1.32 bits per heavy atom. The molecule has 0 fully saturated rings. The lowest BCUT2D eigenvalue weighted by Gasteiger charge is -2.29. The predicted molar refractivity (Wildman–Crippen MR) is 81.7 cm³/mol. The Balaban J connectivity index is 2.37. The van der Waals surface area contributed by atoms with E-state index < -0.39 is 0 Å². The Morgan fingerprint density at radius 2 is 2.00 bits per heavy atom. The fourth-order valence-corrected chi connectivity index (χ4v) is 1.87. The summed E-state index contributed by atoms with van der Waals surface area (Å²) in [5, 5.41) is 3.93. The Morgan fingerprint density at radius 3 is 2.68 bits per heavy atom. The lowest BCUT2D eigenvalue weighted by molar-refractivity contribution is 0.0915. The lowest BCUT2D eigenvalue weighted by Crippen LogP contribution is -2.48. The number of pyridine rings is 1. The summed E-state index contributed by atoms with van der Waals surface area (Å²) >= 11 is 3.52. The van der Waals surface area contributed by atoms with E-state index in [4.69, 9.17) is 0 Å². The summed E-state index contributed by atoms with van der Waals surface area (Å²) in [5.74, 6) is -0.0742. The fraction of sp³-hybridized carbons (Fsp3) is 0.333. The highest BCUT2D eigenvalue weighted by atomic mass is 79.9. The molecule has 4 heteroatoms. The summed E-state index contributed by atoms with van der Waals surface area (Å²) in [7, 11) is 0. The molecule has 0 aliphatic carbocycles. The van der Waals surface area contributed by atoms with Crippen LogP contribution in [0.15, 0.2) is 36.5 Å². The van der Waals surface area contributed by atoms with Crippen molar-refractivity contribution in [2.24, 2.45) is 0 Å². The molecule has 19 heavy (non-hydrogen) atoms. The largest absolute Gasteiger partial charge is 0.346 e. The molecule has 100 valence electrons. The number of hydrogen-bond acceptors (Lipinski definition) is 2. The second kappa shape index (κ2) is 5.29. The van der Waals surface area contributed by atoms with E-state index in [1.165, 1.54) is 0 Å². The van der Waals surface area contributed by atoms with E-state index >= 15 is 0 Å². The first-order valence-corrected chi connectivity index (χ1v) is 7.14. The summed E-state index contributed by atoms with van der Waals surface area (Å²) < 4.78 is 0. The van der Waals surface area contributed by atoms with Gasteiger partial charge in [0.2, 0.25) is 0 Å². The summed E-state index contributed by atoms with van der Waals surface area (Å²) in [6.07, 6.45) is 1.67. The minimum absolute atomic E-state index is 0.0742. The number of amides is 1. The van der Waals surface area contributed by atoms with E-state index in [0.717, 1.165) is 10.9 Å². The minimum atomic E-state index is -0.318. The second-order valence-electron chi connectivity index (χ2n) is 5.17. The maximum atomic E-state index is 12.4. The zero-order valence-electron chi connectivity index (χ0n) is 11.3. The maximum Gasteiger partial charge on any atom is 0.252 e. The van der Waals surface area contributed by atoms with Crippen molar-refractivity contribution in [3.8, 4) is 0 Å². The van der Waals surface area contributed by atoms with Crippen molar-refractivity contribution < 1.29 is 4.79 Å². The van der Waals surface area contributed by atoms with Gasteiger partial charge in [-0.15, -0.1) is 0 Å². The van der Waals surface area contributed by atoms with Gasteiger partial charge in [0.25, 0.3) is 5.91 Å². The van der Waals surface area contributed by atoms with Crippen LogP contribution in [0.4, 0.5) is 0 Å². The molecule has 2 aromatic rings. The standard InChI is InChI=1S/C15H17BrN2O/c1-10(16)15(2,3)18-14(19)12-8-9-17-13-7-5-4-6-11(12)13/h4-10H,1-3H3,(H,18,19). The van der Waals surface area contributed by atoms with E-state index in [1.54, 1.807) is 12.3 Å². The summed E-state index contributed by atoms with van der Waals surface area (Å²) in [6.45, 7) is 6.01. The number of aromatic nitrogens is 1. The quantitative estimate of drug-likeness (QED) is 0.879. The first-order valence-electron chi connectivity index (χ1n) is 6.22. The summed E-state index contributed by atoms with van der Waals surface area (Å²) in [6, 6.07) is 9.42. The van der Waals surface area contributed by atoms with Crippen molar-refractivity contribution in [3.63, 3.8) is 0 Å². The Hall–Kier alpha value is -1.42. The number of para-hydroxylation sites is 1. The molecule has 1 aromatic carbocycles. The number of rotatable bonds is 3. The molecule has 3 nitrogen and oxygen atoms in total. The number of fused-ring (bicyclic) bond motifs is 1. The highest BCUT2D eigenvalue weighted by Gasteiger charge is 2.26. The van der Waals surface area contributed by atoms with Gasteiger partial charge in [0.1, 0.15) is 0 Å². The summed E-state index contributed by atoms with van der Waals surface area (Å²) in [5.41, 5.74) is 1.17. The van der Waals surface area contributed by atoms with Gasteiger partial charge in [-0.25, -0.2) is 0 Å². The van der Waals surface area contributed by atoms with Crippen LogP contribution < -0.4 is 5.32 Å². The number of carbonyl (C=O) groups excluding carboxylic acids is 1. The molecule has 0 saturated heterocycles. The highest BCUT2D eigenvalue weighted by molar-refractivity contribution is 9.09. The van der Waals surface area contributed by atoms with E-state index in [1.807, 2.05) is 45.0 Å². The molecule has 0 aliphatic heterocycles. The van der Waals surface area contributed by atoms with Crippen molar-refractivity contribution >= 4 is 32.7 Å². The van der Waals surface area contributed by atoms with Crippen LogP contribution in [0, 0.1) is 0 Å². The van der Waals surface area contributed by atoms with Gasteiger partial charge in [0, 0.05) is 21.9 Å². The molecule has 1 heterocycles. The van der Waals surface area contributed by atoms with Crippen molar-refractivity contribution in [3.05, 3.63) is 42.1 Å². The molecule has 1 atom stereocenters. The third-order valence-corrected chi connectivity index (χ3v) is 4.47. The normalized spacial score (nSPS) is 13.3. The van der Waals surface area contributed by atoms with Gasteiger partial charge in [-0.2, -0.15) is 0 Å². The average Bonchev–Trinajstić information content (AvgIpc) is 2.37. The number of hydrogen-bond donors (Lipinski definition) is 1. The van der Waals surface area contributed by atoms with Crippen LogP contribution in [0.25, 0.3) is 10.9 Å². The maximum absolute atomic E-state index is 12.4. The molecule has 2 rings (SSSR count). The van der Waals surface area contributed by atoms with Crippen molar-refractivity contribution in [1.82, 2.24) is 10.3 Å². The highest BCUT2D eigenvalue weighted by Crippen LogP contribution is 2.20. The van der Waals surface area contributed by atoms with Crippen LogP contribution in [0.2, 0.25) is 0 Å². The SMILES string of the molecule is CC(Br)C(C)(C)NC(=O)c1ccnc2ccccc12.